The first-order valence-corrected chi connectivity index (χ1v) is 8.49. The molecule has 0 aliphatic carbocycles. The van der Waals surface area contributed by atoms with Crippen molar-refractivity contribution in [3.63, 3.8) is 0 Å². The normalized spacial score (nSPS) is 10.9. The minimum Gasteiger partial charge on any atom is -0.277 e. The molecule has 3 heteroatoms. The monoisotopic (exact) mass is 375 g/mol. The van der Waals surface area contributed by atoms with Crippen LogP contribution in [0.15, 0.2) is 94.2 Å². The van der Waals surface area contributed by atoms with Gasteiger partial charge in [0, 0.05) is 15.9 Å². The third-order valence-electron chi connectivity index (χ3n) is 4.07. The Labute approximate surface area is 148 Å². The molecule has 0 N–H and O–H groups in total. The molecule has 3 aromatic carbocycles. The summed E-state index contributed by atoms with van der Waals surface area (Å²) in [4.78, 5) is 12.9. The predicted octanol–water partition coefficient (Wildman–Crippen LogP) is 5.42. The highest BCUT2D eigenvalue weighted by Crippen LogP contribution is 2.28. The van der Waals surface area contributed by atoms with Crippen LogP contribution in [0.2, 0.25) is 0 Å². The summed E-state index contributed by atoms with van der Waals surface area (Å²) >= 11 is 3.48. The van der Waals surface area contributed by atoms with Gasteiger partial charge in [-0.3, -0.25) is 9.36 Å². The number of hydrogen-bond donors (Lipinski definition) is 0. The predicted molar refractivity (Wildman–Crippen MR) is 103 cm³/mol. The van der Waals surface area contributed by atoms with Crippen molar-refractivity contribution in [3.05, 3.63) is 99.8 Å². The fourth-order valence-electron chi connectivity index (χ4n) is 3.02. The van der Waals surface area contributed by atoms with Gasteiger partial charge in [-0.25, -0.2) is 0 Å². The van der Waals surface area contributed by atoms with E-state index in [0.717, 1.165) is 32.2 Å². The fraction of sp³-hybridized carbons (Fsp3) is 0. The van der Waals surface area contributed by atoms with Crippen molar-refractivity contribution in [2.45, 2.75) is 0 Å². The zero-order chi connectivity index (χ0) is 16.5. The Balaban J connectivity index is 2.08. The Morgan fingerprint density at radius 3 is 2.29 bits per heavy atom. The quantitative estimate of drug-likeness (QED) is 0.458. The highest BCUT2D eigenvalue weighted by Gasteiger charge is 2.11. The average Bonchev–Trinajstić information content (AvgIpc) is 2.62. The molecule has 0 aliphatic heterocycles. The van der Waals surface area contributed by atoms with Gasteiger partial charge >= 0.3 is 0 Å². The third-order valence-corrected chi connectivity index (χ3v) is 4.57. The van der Waals surface area contributed by atoms with Crippen molar-refractivity contribution in [2.75, 3.05) is 0 Å². The summed E-state index contributed by atoms with van der Waals surface area (Å²) in [5, 5.41) is 1.06. The van der Waals surface area contributed by atoms with E-state index < -0.39 is 0 Å². The number of benzene rings is 3. The average molecular weight is 376 g/mol. The van der Waals surface area contributed by atoms with Gasteiger partial charge < -0.3 is 0 Å². The summed E-state index contributed by atoms with van der Waals surface area (Å²) in [6, 6.07) is 27.6. The van der Waals surface area contributed by atoms with Gasteiger partial charge in [0.2, 0.25) is 0 Å². The van der Waals surface area contributed by atoms with E-state index >= 15 is 0 Å². The van der Waals surface area contributed by atoms with Crippen molar-refractivity contribution in [3.8, 4) is 16.8 Å². The minimum absolute atomic E-state index is 0.0364. The lowest BCUT2D eigenvalue weighted by Crippen LogP contribution is -2.18. The highest BCUT2D eigenvalue weighted by atomic mass is 79.9. The first-order valence-electron chi connectivity index (χ1n) is 7.70. The summed E-state index contributed by atoms with van der Waals surface area (Å²) in [5.41, 5.74) is 3.73. The molecule has 116 valence electrons. The molecular formula is C21H14BrNO. The molecule has 0 aliphatic rings. The first-order chi connectivity index (χ1) is 11.7. The van der Waals surface area contributed by atoms with Crippen LogP contribution in [0.3, 0.4) is 0 Å². The SMILES string of the molecule is O=c1cc(-c2ccccc2)c2ccccc2n1-c1cccc(Br)c1. The van der Waals surface area contributed by atoms with E-state index in [2.05, 4.69) is 22.0 Å². The van der Waals surface area contributed by atoms with Crippen LogP contribution in [0, 0.1) is 0 Å². The van der Waals surface area contributed by atoms with Gasteiger partial charge in [-0.15, -0.1) is 0 Å². The fourth-order valence-corrected chi connectivity index (χ4v) is 3.41. The lowest BCUT2D eigenvalue weighted by Gasteiger charge is -2.14. The molecule has 0 atom stereocenters. The molecular weight excluding hydrogens is 362 g/mol. The molecule has 0 saturated carbocycles. The molecule has 0 spiro atoms. The summed E-state index contributed by atoms with van der Waals surface area (Å²) in [6.45, 7) is 0. The van der Waals surface area contributed by atoms with Gasteiger partial charge in [0.1, 0.15) is 0 Å². The van der Waals surface area contributed by atoms with Crippen molar-refractivity contribution in [1.29, 1.82) is 0 Å². The van der Waals surface area contributed by atoms with Crippen molar-refractivity contribution in [2.24, 2.45) is 0 Å². The largest absolute Gasteiger partial charge is 0.277 e. The molecule has 0 fully saturated rings. The number of pyridine rings is 1. The maximum atomic E-state index is 12.9. The van der Waals surface area contributed by atoms with E-state index in [1.807, 2.05) is 72.8 Å². The van der Waals surface area contributed by atoms with Crippen molar-refractivity contribution in [1.82, 2.24) is 4.57 Å². The molecule has 1 heterocycles. The van der Waals surface area contributed by atoms with E-state index in [1.54, 1.807) is 10.6 Å². The molecule has 0 amide bonds. The first kappa shape index (κ1) is 14.9. The van der Waals surface area contributed by atoms with Crippen LogP contribution in [-0.4, -0.2) is 4.57 Å². The van der Waals surface area contributed by atoms with Crippen LogP contribution < -0.4 is 5.56 Å². The molecule has 2 nitrogen and oxygen atoms in total. The number of hydrogen-bond acceptors (Lipinski definition) is 1. The smallest absolute Gasteiger partial charge is 0.256 e. The molecule has 1 aromatic heterocycles. The zero-order valence-corrected chi connectivity index (χ0v) is 14.4. The van der Waals surface area contributed by atoms with E-state index in [9.17, 15) is 4.79 Å². The molecule has 0 bridgehead atoms. The molecule has 4 aromatic rings. The van der Waals surface area contributed by atoms with Gasteiger partial charge in [-0.2, -0.15) is 0 Å². The van der Waals surface area contributed by atoms with Crippen LogP contribution in [-0.2, 0) is 0 Å². The van der Waals surface area contributed by atoms with Crippen LogP contribution in [0.5, 0.6) is 0 Å². The molecule has 0 saturated heterocycles. The Kier molecular flexibility index (Phi) is 3.79. The number of nitrogens with zero attached hydrogens (tertiary/aromatic N) is 1. The number of para-hydroxylation sites is 1. The second kappa shape index (κ2) is 6.10. The van der Waals surface area contributed by atoms with Gasteiger partial charge in [0.05, 0.1) is 11.2 Å². The molecule has 0 radical (unpaired) electrons. The lowest BCUT2D eigenvalue weighted by molar-refractivity contribution is 1.04. The van der Waals surface area contributed by atoms with Crippen molar-refractivity contribution >= 4 is 26.8 Å². The molecule has 24 heavy (non-hydrogen) atoms. The summed E-state index contributed by atoms with van der Waals surface area (Å²) in [6.07, 6.45) is 0. The van der Waals surface area contributed by atoms with Crippen LogP contribution in [0.25, 0.3) is 27.7 Å². The van der Waals surface area contributed by atoms with Gasteiger partial charge in [0.15, 0.2) is 0 Å². The Bertz CT molecular complexity index is 1080. The van der Waals surface area contributed by atoms with Crippen molar-refractivity contribution < 1.29 is 0 Å². The maximum Gasteiger partial charge on any atom is 0.256 e. The van der Waals surface area contributed by atoms with E-state index in [-0.39, 0.29) is 5.56 Å². The van der Waals surface area contributed by atoms with Crippen LogP contribution >= 0.6 is 15.9 Å². The van der Waals surface area contributed by atoms with Crippen LogP contribution in [0.1, 0.15) is 0 Å². The summed E-state index contributed by atoms with van der Waals surface area (Å²) in [7, 11) is 0. The number of fused-ring (bicyclic) bond motifs is 1. The highest BCUT2D eigenvalue weighted by molar-refractivity contribution is 9.10. The minimum atomic E-state index is -0.0364. The summed E-state index contributed by atoms with van der Waals surface area (Å²) < 4.78 is 2.70. The lowest BCUT2D eigenvalue weighted by atomic mass is 10.0. The number of rotatable bonds is 2. The number of aromatic nitrogens is 1. The second-order valence-corrected chi connectivity index (χ2v) is 6.51. The topological polar surface area (TPSA) is 22.0 Å². The van der Waals surface area contributed by atoms with Gasteiger partial charge in [-0.1, -0.05) is 70.5 Å². The maximum absolute atomic E-state index is 12.9. The van der Waals surface area contributed by atoms with E-state index in [4.69, 9.17) is 0 Å². The Morgan fingerprint density at radius 1 is 0.750 bits per heavy atom. The van der Waals surface area contributed by atoms with Gasteiger partial charge in [0.25, 0.3) is 5.56 Å². The second-order valence-electron chi connectivity index (χ2n) is 5.59. The van der Waals surface area contributed by atoms with E-state index in [1.165, 1.54) is 0 Å². The van der Waals surface area contributed by atoms with E-state index in [0.29, 0.717) is 0 Å². The number of halogens is 1. The molecule has 4 rings (SSSR count). The standard InChI is InChI=1S/C21H14BrNO/c22-16-9-6-10-17(13-16)23-20-12-5-4-11-18(20)19(14-21(23)24)15-7-2-1-3-8-15/h1-14H. The Hall–Kier alpha value is -2.65. The third kappa shape index (κ3) is 2.57. The zero-order valence-electron chi connectivity index (χ0n) is 12.8. The molecule has 0 unspecified atom stereocenters. The Morgan fingerprint density at radius 2 is 1.50 bits per heavy atom. The summed E-state index contributed by atoms with van der Waals surface area (Å²) in [5.74, 6) is 0. The van der Waals surface area contributed by atoms with Gasteiger partial charge in [-0.05, 0) is 35.4 Å². The van der Waals surface area contributed by atoms with Crippen LogP contribution in [0.4, 0.5) is 0 Å².